The molecule has 0 atom stereocenters. The molecule has 0 aromatic carbocycles. The molecule has 2 heterocycles. The molecule has 102 valence electrons. The molecule has 2 nitrogen and oxygen atoms in total. The van der Waals surface area contributed by atoms with Crippen molar-refractivity contribution in [1.82, 2.24) is 0 Å². The van der Waals surface area contributed by atoms with Gasteiger partial charge in [0.2, 0.25) is 0 Å². The van der Waals surface area contributed by atoms with Gasteiger partial charge in [-0.2, -0.15) is 23.5 Å². The van der Waals surface area contributed by atoms with Crippen LogP contribution in [0.15, 0.2) is 0 Å². The summed E-state index contributed by atoms with van der Waals surface area (Å²) in [4.78, 5) is 2.92. The van der Waals surface area contributed by atoms with E-state index in [2.05, 4.69) is 0 Å². The second-order valence-corrected chi connectivity index (χ2v) is 9.23. The zero-order valence-corrected chi connectivity index (χ0v) is 14.1. The lowest BCUT2D eigenvalue weighted by molar-refractivity contribution is 0.0605. The predicted molar refractivity (Wildman–Crippen MR) is 87.0 cm³/mol. The largest absolute Gasteiger partial charge is 0.378 e. The molecule has 0 bridgehead atoms. The van der Waals surface area contributed by atoms with Gasteiger partial charge in [-0.25, -0.2) is 0 Å². The van der Waals surface area contributed by atoms with E-state index in [0.717, 1.165) is 39.4 Å². The Hall–Kier alpha value is 0.890. The Morgan fingerprint density at radius 3 is 1.78 bits per heavy atom. The monoisotopic (exact) mass is 340 g/mol. The van der Waals surface area contributed by atoms with Crippen LogP contribution in [0.2, 0.25) is 0 Å². The number of ether oxygens (including phenoxy) is 2. The van der Waals surface area contributed by atoms with Crippen LogP contribution in [0.3, 0.4) is 0 Å². The van der Waals surface area contributed by atoms with Crippen molar-refractivity contribution < 1.29 is 9.47 Å². The van der Waals surface area contributed by atoms with Crippen LogP contribution in [0.4, 0.5) is 0 Å². The van der Waals surface area contributed by atoms with E-state index in [0.29, 0.717) is 13.2 Å². The van der Waals surface area contributed by atoms with Gasteiger partial charge < -0.3 is 9.47 Å². The summed E-state index contributed by atoms with van der Waals surface area (Å²) in [6.07, 6.45) is 0. The third kappa shape index (κ3) is 5.48. The Morgan fingerprint density at radius 1 is 0.778 bits per heavy atom. The molecule has 0 fully saturated rings. The Labute approximate surface area is 129 Å². The van der Waals surface area contributed by atoms with E-state index < -0.39 is 0 Å². The Morgan fingerprint density at radius 2 is 1.28 bits per heavy atom. The van der Waals surface area contributed by atoms with Crippen molar-refractivity contribution in [2.24, 2.45) is 0 Å². The average molecular weight is 341 g/mol. The highest BCUT2D eigenvalue weighted by molar-refractivity contribution is 7.99. The molecule has 0 saturated heterocycles. The summed E-state index contributed by atoms with van der Waals surface area (Å²) < 4.78 is 12.1. The van der Waals surface area contributed by atoms with Crippen molar-refractivity contribution in [3.8, 4) is 0 Å². The average Bonchev–Trinajstić information content (AvgIpc) is 2.71. The van der Waals surface area contributed by atoms with Crippen LogP contribution in [0.25, 0.3) is 0 Å². The molecule has 0 aliphatic carbocycles. The molecule has 0 radical (unpaired) electrons. The molecule has 18 heavy (non-hydrogen) atoms. The summed E-state index contributed by atoms with van der Waals surface area (Å²) in [7, 11) is 0. The Bertz CT molecular complexity index is 366. The minimum Gasteiger partial charge on any atom is -0.378 e. The van der Waals surface area contributed by atoms with Crippen molar-refractivity contribution >= 4 is 58.4 Å². The van der Waals surface area contributed by atoms with Gasteiger partial charge in [-0.3, -0.25) is 0 Å². The van der Waals surface area contributed by atoms with E-state index in [1.807, 2.05) is 23.5 Å². The second kappa shape index (κ2) is 8.94. The molecule has 0 saturated carbocycles. The van der Waals surface area contributed by atoms with E-state index in [1.165, 1.54) is 9.75 Å². The molecular formula is C11H16O2S5. The molecule has 1 aromatic heterocycles. The first-order valence-corrected chi connectivity index (χ1v) is 10.1. The number of thioether (sulfide) groups is 2. The number of fused-ring (bicyclic) bond motifs is 1. The normalized spacial score (nSPS) is 20.0. The van der Waals surface area contributed by atoms with E-state index in [9.17, 15) is 0 Å². The molecule has 0 N–H and O–H groups in total. The van der Waals surface area contributed by atoms with Gasteiger partial charge in [-0.1, -0.05) is 12.2 Å². The maximum Gasteiger partial charge on any atom is 0.144 e. The number of hydrogen-bond donors (Lipinski definition) is 0. The lowest BCUT2D eigenvalue weighted by Gasteiger charge is -2.08. The van der Waals surface area contributed by atoms with Crippen molar-refractivity contribution in [2.75, 3.05) is 37.9 Å². The van der Waals surface area contributed by atoms with E-state index in [4.69, 9.17) is 21.7 Å². The predicted octanol–water partition coefficient (Wildman–Crippen LogP) is 4.05. The van der Waals surface area contributed by atoms with Crippen LogP contribution in [-0.2, 0) is 21.0 Å². The fraction of sp³-hybridized carbons (Fsp3) is 0.727. The summed E-state index contributed by atoms with van der Waals surface area (Å²) in [5, 5.41) is 0. The van der Waals surface area contributed by atoms with Gasteiger partial charge in [0.15, 0.2) is 0 Å². The van der Waals surface area contributed by atoms with Crippen LogP contribution < -0.4 is 0 Å². The summed E-state index contributed by atoms with van der Waals surface area (Å²) in [6, 6.07) is 0. The summed E-state index contributed by atoms with van der Waals surface area (Å²) in [5.41, 5.74) is 0. The third-order valence-corrected chi connectivity index (χ3v) is 7.30. The van der Waals surface area contributed by atoms with Crippen LogP contribution in [0.1, 0.15) is 9.75 Å². The topological polar surface area (TPSA) is 18.5 Å². The van der Waals surface area contributed by atoms with Crippen LogP contribution in [0.5, 0.6) is 0 Å². The summed E-state index contributed by atoms with van der Waals surface area (Å²) in [5.74, 6) is 4.24. The first-order valence-electron chi connectivity index (χ1n) is 5.79. The van der Waals surface area contributed by atoms with Gasteiger partial charge in [0.25, 0.3) is 0 Å². The molecule has 0 spiro atoms. The van der Waals surface area contributed by atoms with Crippen LogP contribution in [-0.4, -0.2) is 37.9 Å². The Kier molecular flexibility index (Phi) is 7.59. The molecule has 1 aliphatic heterocycles. The third-order valence-electron chi connectivity index (χ3n) is 2.31. The zero-order chi connectivity index (χ0) is 12.6. The SMILES string of the molecule is S=c1sc2c(s1)CSCCOCCOCCSC2. The summed E-state index contributed by atoms with van der Waals surface area (Å²) >= 11 is 12.7. The molecule has 0 amide bonds. The lowest BCUT2D eigenvalue weighted by Crippen LogP contribution is -2.08. The van der Waals surface area contributed by atoms with Crippen molar-refractivity contribution in [3.63, 3.8) is 0 Å². The zero-order valence-electron chi connectivity index (χ0n) is 10.0. The smallest absolute Gasteiger partial charge is 0.144 e. The molecule has 1 aliphatic rings. The van der Waals surface area contributed by atoms with Crippen LogP contribution in [0, 0.1) is 3.14 Å². The van der Waals surface area contributed by atoms with E-state index >= 15 is 0 Å². The first kappa shape index (κ1) is 15.3. The number of rotatable bonds is 0. The maximum atomic E-state index is 5.50. The van der Waals surface area contributed by atoms with Gasteiger partial charge in [-0.05, 0) is 0 Å². The van der Waals surface area contributed by atoms with Gasteiger partial charge in [-0.15, -0.1) is 22.7 Å². The standard InChI is InChI=1S/C11H16O2S5/c14-11-17-9-7-15-5-3-12-1-2-13-4-6-16-8-10(9)18-11/h1-8H2. The minimum absolute atomic E-state index is 0.716. The van der Waals surface area contributed by atoms with Crippen molar-refractivity contribution in [1.29, 1.82) is 0 Å². The maximum absolute atomic E-state index is 5.50. The second-order valence-electron chi connectivity index (χ2n) is 3.63. The molecule has 1 aromatic rings. The van der Waals surface area contributed by atoms with Gasteiger partial charge in [0, 0.05) is 32.8 Å². The highest BCUT2D eigenvalue weighted by atomic mass is 32.2. The van der Waals surface area contributed by atoms with E-state index in [1.54, 1.807) is 22.7 Å². The molecule has 0 unspecified atom stereocenters. The van der Waals surface area contributed by atoms with Gasteiger partial charge >= 0.3 is 0 Å². The van der Waals surface area contributed by atoms with Crippen molar-refractivity contribution in [2.45, 2.75) is 11.5 Å². The van der Waals surface area contributed by atoms with Gasteiger partial charge in [0.1, 0.15) is 3.14 Å². The highest BCUT2D eigenvalue weighted by Gasteiger charge is 2.08. The highest BCUT2D eigenvalue weighted by Crippen LogP contribution is 2.31. The quantitative estimate of drug-likeness (QED) is 0.661. The fourth-order valence-corrected chi connectivity index (χ4v) is 6.47. The Balaban J connectivity index is 1.92. The first-order chi connectivity index (χ1) is 8.86. The number of hydrogen-bond acceptors (Lipinski definition) is 7. The minimum atomic E-state index is 0.716. The van der Waals surface area contributed by atoms with Crippen LogP contribution >= 0.6 is 58.4 Å². The molecule has 2 rings (SSSR count). The van der Waals surface area contributed by atoms with Gasteiger partial charge in [0.05, 0.1) is 26.4 Å². The fourth-order valence-electron chi connectivity index (χ4n) is 1.44. The van der Waals surface area contributed by atoms with E-state index in [-0.39, 0.29) is 0 Å². The molecular weight excluding hydrogens is 324 g/mol. The summed E-state index contributed by atoms with van der Waals surface area (Å²) in [6.45, 7) is 3.06. The lowest BCUT2D eigenvalue weighted by atomic mass is 10.5. The van der Waals surface area contributed by atoms with Crippen molar-refractivity contribution in [3.05, 3.63) is 12.9 Å². The molecule has 7 heteroatoms.